The fourth-order valence-corrected chi connectivity index (χ4v) is 4.27. The van der Waals surface area contributed by atoms with Crippen LogP contribution < -0.4 is 5.73 Å². The predicted octanol–water partition coefficient (Wildman–Crippen LogP) is 3.65. The van der Waals surface area contributed by atoms with Crippen molar-refractivity contribution in [2.24, 2.45) is 23.0 Å². The SMILES string of the molecule is CCC1CCN(C2(CN)CCC(C(C)(C)C)CC2)C1. The van der Waals surface area contributed by atoms with Gasteiger partial charge in [0, 0.05) is 18.6 Å². The Morgan fingerprint density at radius 2 is 1.79 bits per heavy atom. The van der Waals surface area contributed by atoms with Crippen LogP contribution in [0.1, 0.15) is 66.2 Å². The number of nitrogens with zero attached hydrogens (tertiary/aromatic N) is 1. The summed E-state index contributed by atoms with van der Waals surface area (Å²) in [6.45, 7) is 13.0. The zero-order valence-corrected chi connectivity index (χ0v) is 13.5. The van der Waals surface area contributed by atoms with Crippen molar-refractivity contribution in [3.05, 3.63) is 0 Å². The molecule has 0 aromatic heterocycles. The summed E-state index contributed by atoms with van der Waals surface area (Å²) < 4.78 is 0. The molecule has 112 valence electrons. The molecule has 0 bridgehead atoms. The van der Waals surface area contributed by atoms with Crippen LogP contribution >= 0.6 is 0 Å². The number of hydrogen-bond donors (Lipinski definition) is 1. The lowest BCUT2D eigenvalue weighted by molar-refractivity contribution is 0.0342. The molecular formula is C17H34N2. The maximum atomic E-state index is 6.22. The molecule has 1 unspecified atom stereocenters. The van der Waals surface area contributed by atoms with Gasteiger partial charge in [0.15, 0.2) is 0 Å². The molecule has 2 aliphatic rings. The molecule has 2 heteroatoms. The van der Waals surface area contributed by atoms with E-state index in [4.69, 9.17) is 5.73 Å². The van der Waals surface area contributed by atoms with Gasteiger partial charge in [-0.1, -0.05) is 34.1 Å². The maximum Gasteiger partial charge on any atom is 0.0332 e. The Morgan fingerprint density at radius 3 is 2.21 bits per heavy atom. The Kier molecular flexibility index (Phi) is 4.62. The molecule has 1 aliphatic carbocycles. The van der Waals surface area contributed by atoms with Crippen LogP contribution in [-0.2, 0) is 0 Å². The predicted molar refractivity (Wildman–Crippen MR) is 83.2 cm³/mol. The maximum absolute atomic E-state index is 6.22. The van der Waals surface area contributed by atoms with Crippen molar-refractivity contribution in [3.63, 3.8) is 0 Å². The van der Waals surface area contributed by atoms with E-state index in [2.05, 4.69) is 32.6 Å². The van der Waals surface area contributed by atoms with Crippen LogP contribution in [0.5, 0.6) is 0 Å². The number of rotatable bonds is 3. The summed E-state index contributed by atoms with van der Waals surface area (Å²) >= 11 is 0. The van der Waals surface area contributed by atoms with Crippen molar-refractivity contribution in [2.45, 2.75) is 71.8 Å². The zero-order chi connectivity index (χ0) is 14.1. The highest BCUT2D eigenvalue weighted by molar-refractivity contribution is 4.99. The van der Waals surface area contributed by atoms with Gasteiger partial charge in [0.05, 0.1) is 0 Å². The minimum absolute atomic E-state index is 0.339. The summed E-state index contributed by atoms with van der Waals surface area (Å²) in [5, 5.41) is 0. The summed E-state index contributed by atoms with van der Waals surface area (Å²) in [5.74, 6) is 1.81. The van der Waals surface area contributed by atoms with E-state index in [0.717, 1.165) is 18.4 Å². The normalized spacial score (nSPS) is 37.7. The van der Waals surface area contributed by atoms with E-state index in [9.17, 15) is 0 Å². The van der Waals surface area contributed by atoms with E-state index in [1.54, 1.807) is 0 Å². The number of hydrogen-bond acceptors (Lipinski definition) is 2. The second kappa shape index (κ2) is 5.73. The molecule has 0 amide bonds. The van der Waals surface area contributed by atoms with Crippen LogP contribution in [-0.4, -0.2) is 30.1 Å². The summed E-state index contributed by atoms with van der Waals surface area (Å²) in [7, 11) is 0. The smallest absolute Gasteiger partial charge is 0.0332 e. The fraction of sp³-hybridized carbons (Fsp3) is 1.00. The van der Waals surface area contributed by atoms with Crippen LogP contribution in [0.4, 0.5) is 0 Å². The molecule has 2 nitrogen and oxygen atoms in total. The van der Waals surface area contributed by atoms with Gasteiger partial charge in [-0.15, -0.1) is 0 Å². The molecule has 2 rings (SSSR count). The summed E-state index contributed by atoms with van der Waals surface area (Å²) in [6.07, 6.45) is 8.11. The van der Waals surface area contributed by atoms with Gasteiger partial charge in [0.25, 0.3) is 0 Å². The van der Waals surface area contributed by atoms with Gasteiger partial charge < -0.3 is 5.73 Å². The van der Waals surface area contributed by atoms with Crippen molar-refractivity contribution in [3.8, 4) is 0 Å². The average Bonchev–Trinajstić information content (AvgIpc) is 2.87. The second-order valence-electron chi connectivity index (χ2n) is 8.08. The summed E-state index contributed by atoms with van der Waals surface area (Å²) in [5.41, 5.74) is 7.03. The van der Waals surface area contributed by atoms with E-state index in [1.165, 1.54) is 51.6 Å². The molecule has 1 atom stereocenters. The van der Waals surface area contributed by atoms with E-state index in [1.807, 2.05) is 0 Å². The highest BCUT2D eigenvalue weighted by Gasteiger charge is 2.43. The fourth-order valence-electron chi connectivity index (χ4n) is 4.27. The second-order valence-corrected chi connectivity index (χ2v) is 8.08. The number of likely N-dealkylation sites (tertiary alicyclic amines) is 1. The third-order valence-electron chi connectivity index (χ3n) is 6.06. The highest BCUT2D eigenvalue weighted by Crippen LogP contribution is 2.44. The van der Waals surface area contributed by atoms with E-state index in [-0.39, 0.29) is 0 Å². The average molecular weight is 266 g/mol. The molecule has 0 spiro atoms. The van der Waals surface area contributed by atoms with Crippen LogP contribution in [0.2, 0.25) is 0 Å². The van der Waals surface area contributed by atoms with Crippen molar-refractivity contribution >= 4 is 0 Å². The minimum atomic E-state index is 0.339. The Labute approximate surface area is 120 Å². The molecular weight excluding hydrogens is 232 g/mol. The van der Waals surface area contributed by atoms with Crippen LogP contribution in [0.15, 0.2) is 0 Å². The lowest BCUT2D eigenvalue weighted by atomic mass is 9.67. The summed E-state index contributed by atoms with van der Waals surface area (Å²) in [6, 6.07) is 0. The monoisotopic (exact) mass is 266 g/mol. The van der Waals surface area contributed by atoms with E-state index in [0.29, 0.717) is 11.0 Å². The van der Waals surface area contributed by atoms with Crippen LogP contribution in [0.3, 0.4) is 0 Å². The first-order valence-electron chi connectivity index (χ1n) is 8.36. The van der Waals surface area contributed by atoms with Crippen molar-refractivity contribution in [1.29, 1.82) is 0 Å². The first-order chi connectivity index (χ1) is 8.91. The first kappa shape index (κ1) is 15.3. The molecule has 0 radical (unpaired) electrons. The Morgan fingerprint density at radius 1 is 1.16 bits per heavy atom. The quantitative estimate of drug-likeness (QED) is 0.845. The minimum Gasteiger partial charge on any atom is -0.329 e. The molecule has 1 saturated carbocycles. The zero-order valence-electron chi connectivity index (χ0n) is 13.5. The van der Waals surface area contributed by atoms with Crippen molar-refractivity contribution in [2.75, 3.05) is 19.6 Å². The largest absolute Gasteiger partial charge is 0.329 e. The number of nitrogens with two attached hydrogens (primary N) is 1. The van der Waals surface area contributed by atoms with Gasteiger partial charge in [-0.2, -0.15) is 0 Å². The molecule has 19 heavy (non-hydrogen) atoms. The molecule has 1 aliphatic heterocycles. The lowest BCUT2D eigenvalue weighted by Gasteiger charge is -2.48. The Balaban J connectivity index is 1.98. The van der Waals surface area contributed by atoms with Gasteiger partial charge in [0.1, 0.15) is 0 Å². The highest BCUT2D eigenvalue weighted by atomic mass is 15.2. The van der Waals surface area contributed by atoms with Gasteiger partial charge in [0.2, 0.25) is 0 Å². The first-order valence-corrected chi connectivity index (χ1v) is 8.36. The molecule has 0 aromatic rings. The molecule has 1 heterocycles. The molecule has 2 fully saturated rings. The summed E-state index contributed by atoms with van der Waals surface area (Å²) in [4.78, 5) is 2.75. The lowest BCUT2D eigenvalue weighted by Crippen LogP contribution is -2.55. The van der Waals surface area contributed by atoms with Gasteiger partial charge >= 0.3 is 0 Å². The van der Waals surface area contributed by atoms with E-state index < -0.39 is 0 Å². The van der Waals surface area contributed by atoms with Crippen molar-refractivity contribution < 1.29 is 0 Å². The van der Waals surface area contributed by atoms with Gasteiger partial charge in [-0.25, -0.2) is 0 Å². The molecule has 1 saturated heterocycles. The Bertz CT molecular complexity index is 284. The van der Waals surface area contributed by atoms with Crippen molar-refractivity contribution in [1.82, 2.24) is 4.90 Å². The molecule has 0 aromatic carbocycles. The Hall–Kier alpha value is -0.0800. The van der Waals surface area contributed by atoms with Crippen LogP contribution in [0.25, 0.3) is 0 Å². The van der Waals surface area contributed by atoms with E-state index >= 15 is 0 Å². The third kappa shape index (κ3) is 3.16. The standard InChI is InChI=1S/C17H34N2/c1-5-14-8-11-19(12-14)17(13-18)9-6-15(7-10-17)16(2,3)4/h14-15H,5-13,18H2,1-4H3. The topological polar surface area (TPSA) is 29.3 Å². The van der Waals surface area contributed by atoms with Gasteiger partial charge in [-0.3, -0.25) is 4.90 Å². The molecule has 2 N–H and O–H groups in total. The van der Waals surface area contributed by atoms with Crippen LogP contribution in [0, 0.1) is 17.3 Å². The van der Waals surface area contributed by atoms with Gasteiger partial charge in [-0.05, 0) is 55.9 Å². The third-order valence-corrected chi connectivity index (χ3v) is 6.06.